The molecule has 0 aliphatic rings. The average Bonchev–Trinajstić information content (AvgIpc) is 3.09. The third kappa shape index (κ3) is 4.51. The Morgan fingerprint density at radius 2 is 1.62 bits per heavy atom. The van der Waals surface area contributed by atoms with E-state index in [1.54, 1.807) is 18.2 Å². The molecule has 1 aromatic heterocycles. The number of nitrogens with zero attached hydrogens (tertiary/aromatic N) is 1. The van der Waals surface area contributed by atoms with Gasteiger partial charge in [-0.15, -0.1) is 0 Å². The van der Waals surface area contributed by atoms with Crippen molar-refractivity contribution in [2.45, 2.75) is 13.1 Å². The minimum Gasteiger partial charge on any atom is -0.351 e. The molecule has 2 aromatic carbocycles. The number of nitrogens with two attached hydrogens (primary N) is 1. The Morgan fingerprint density at radius 1 is 0.885 bits per heavy atom. The maximum Gasteiger partial charge on any atom is 0.316 e. The molecule has 0 aliphatic heterocycles. The van der Waals surface area contributed by atoms with E-state index in [1.165, 1.54) is 0 Å². The number of carbonyl (C=O) groups is 2. The van der Waals surface area contributed by atoms with E-state index >= 15 is 0 Å². The first-order valence-corrected chi connectivity index (χ1v) is 8.24. The topological polar surface area (TPSA) is 89.2 Å². The van der Waals surface area contributed by atoms with E-state index in [0.717, 1.165) is 11.1 Å². The number of urea groups is 1. The van der Waals surface area contributed by atoms with Crippen molar-refractivity contribution in [2.75, 3.05) is 5.32 Å². The summed E-state index contributed by atoms with van der Waals surface area (Å²) in [6.45, 7) is 1.04. The third-order valence-corrected chi connectivity index (χ3v) is 3.93. The lowest BCUT2D eigenvalue weighted by atomic mass is 10.2. The highest BCUT2D eigenvalue weighted by Gasteiger charge is 2.10. The quantitative estimate of drug-likeness (QED) is 0.639. The highest BCUT2D eigenvalue weighted by Crippen LogP contribution is 2.11. The molecule has 3 rings (SSSR count). The molecule has 3 amide bonds. The number of nitrogens with one attached hydrogen (secondary N) is 2. The zero-order valence-corrected chi connectivity index (χ0v) is 14.2. The predicted molar refractivity (Wildman–Crippen MR) is 101 cm³/mol. The highest BCUT2D eigenvalue weighted by molar-refractivity contribution is 5.92. The van der Waals surface area contributed by atoms with Gasteiger partial charge < -0.3 is 20.9 Å². The minimum atomic E-state index is -0.606. The van der Waals surface area contributed by atoms with E-state index in [4.69, 9.17) is 5.73 Å². The summed E-state index contributed by atoms with van der Waals surface area (Å²) in [7, 11) is 0. The molecule has 0 saturated heterocycles. The van der Waals surface area contributed by atoms with Gasteiger partial charge in [-0.05, 0) is 35.4 Å². The molecule has 132 valence electrons. The summed E-state index contributed by atoms with van der Waals surface area (Å²) in [5.41, 5.74) is 8.36. The molecule has 1 heterocycles. The molecular weight excluding hydrogens is 328 g/mol. The van der Waals surface area contributed by atoms with Crippen LogP contribution in [0, 0.1) is 0 Å². The van der Waals surface area contributed by atoms with E-state index in [0.29, 0.717) is 24.5 Å². The highest BCUT2D eigenvalue weighted by atomic mass is 16.2. The molecule has 0 fully saturated rings. The fourth-order valence-electron chi connectivity index (χ4n) is 2.66. The van der Waals surface area contributed by atoms with Crippen LogP contribution in [0.5, 0.6) is 0 Å². The van der Waals surface area contributed by atoms with E-state index in [-0.39, 0.29) is 5.91 Å². The number of hydrogen-bond acceptors (Lipinski definition) is 2. The number of carbonyl (C=O) groups excluding carboxylic acids is 2. The van der Waals surface area contributed by atoms with Gasteiger partial charge in [0.2, 0.25) is 0 Å². The van der Waals surface area contributed by atoms with Gasteiger partial charge in [0, 0.05) is 25.0 Å². The second-order valence-corrected chi connectivity index (χ2v) is 5.88. The van der Waals surface area contributed by atoms with Crippen LogP contribution < -0.4 is 16.4 Å². The fourth-order valence-corrected chi connectivity index (χ4v) is 2.66. The van der Waals surface area contributed by atoms with E-state index < -0.39 is 6.03 Å². The normalized spacial score (nSPS) is 10.3. The van der Waals surface area contributed by atoms with Crippen molar-refractivity contribution in [1.29, 1.82) is 0 Å². The number of amides is 3. The van der Waals surface area contributed by atoms with E-state index in [9.17, 15) is 9.59 Å². The van der Waals surface area contributed by atoms with E-state index in [2.05, 4.69) is 10.6 Å². The summed E-state index contributed by atoms with van der Waals surface area (Å²) in [6, 6.07) is 20.2. The second kappa shape index (κ2) is 8.02. The van der Waals surface area contributed by atoms with Crippen LogP contribution in [-0.2, 0) is 13.1 Å². The molecule has 0 spiro atoms. The van der Waals surface area contributed by atoms with Crippen molar-refractivity contribution in [3.8, 4) is 0 Å². The SMILES string of the molecule is NC(=O)Nc1ccc(CNC(=O)c2cccn2Cc2ccccc2)cc1. The lowest BCUT2D eigenvalue weighted by Gasteiger charge is -2.10. The molecule has 6 heteroatoms. The summed E-state index contributed by atoms with van der Waals surface area (Å²) >= 11 is 0. The third-order valence-electron chi connectivity index (χ3n) is 3.93. The van der Waals surface area contributed by atoms with Crippen LogP contribution in [-0.4, -0.2) is 16.5 Å². The molecule has 26 heavy (non-hydrogen) atoms. The Hall–Kier alpha value is -3.54. The van der Waals surface area contributed by atoms with Gasteiger partial charge in [0.05, 0.1) is 0 Å². The van der Waals surface area contributed by atoms with E-state index in [1.807, 2.05) is 59.3 Å². The molecule has 0 atom stereocenters. The number of anilines is 1. The smallest absolute Gasteiger partial charge is 0.316 e. The minimum absolute atomic E-state index is 0.134. The largest absolute Gasteiger partial charge is 0.351 e. The van der Waals surface area contributed by atoms with Crippen LogP contribution >= 0.6 is 0 Å². The number of benzene rings is 2. The van der Waals surface area contributed by atoms with Crippen LogP contribution in [0.15, 0.2) is 72.9 Å². The molecule has 4 N–H and O–H groups in total. The van der Waals surface area contributed by atoms with Crippen molar-refractivity contribution in [3.63, 3.8) is 0 Å². The first kappa shape index (κ1) is 17.3. The summed E-state index contributed by atoms with van der Waals surface area (Å²) in [4.78, 5) is 23.3. The van der Waals surface area contributed by atoms with Crippen molar-refractivity contribution >= 4 is 17.6 Å². The van der Waals surface area contributed by atoms with Crippen LogP contribution in [0.1, 0.15) is 21.6 Å². The molecule has 3 aromatic rings. The number of rotatable bonds is 6. The Balaban J connectivity index is 1.60. The van der Waals surface area contributed by atoms with Crippen LogP contribution in [0.25, 0.3) is 0 Å². The number of primary amides is 1. The van der Waals surface area contributed by atoms with Crippen molar-refractivity contribution in [2.24, 2.45) is 5.73 Å². The van der Waals surface area contributed by atoms with Crippen molar-refractivity contribution < 1.29 is 9.59 Å². The van der Waals surface area contributed by atoms with Crippen LogP contribution in [0.3, 0.4) is 0 Å². The van der Waals surface area contributed by atoms with Crippen molar-refractivity contribution in [3.05, 3.63) is 89.7 Å². The molecule has 0 bridgehead atoms. The first-order valence-electron chi connectivity index (χ1n) is 8.24. The van der Waals surface area contributed by atoms with Gasteiger partial charge in [-0.3, -0.25) is 4.79 Å². The van der Waals surface area contributed by atoms with Gasteiger partial charge in [0.15, 0.2) is 0 Å². The Morgan fingerprint density at radius 3 is 2.31 bits per heavy atom. The fraction of sp³-hybridized carbons (Fsp3) is 0.100. The van der Waals surface area contributed by atoms with Gasteiger partial charge in [-0.25, -0.2) is 4.79 Å². The monoisotopic (exact) mass is 348 g/mol. The average molecular weight is 348 g/mol. The molecule has 6 nitrogen and oxygen atoms in total. The lowest BCUT2D eigenvalue weighted by molar-refractivity contribution is 0.0942. The van der Waals surface area contributed by atoms with Gasteiger partial charge in [-0.1, -0.05) is 42.5 Å². The summed E-state index contributed by atoms with van der Waals surface area (Å²) in [5, 5.41) is 5.41. The zero-order valence-electron chi connectivity index (χ0n) is 14.2. The molecule has 0 saturated carbocycles. The first-order chi connectivity index (χ1) is 12.6. The van der Waals surface area contributed by atoms with Crippen LogP contribution in [0.4, 0.5) is 10.5 Å². The summed E-state index contributed by atoms with van der Waals surface area (Å²) < 4.78 is 1.92. The number of aromatic nitrogens is 1. The number of hydrogen-bond donors (Lipinski definition) is 3. The van der Waals surface area contributed by atoms with Crippen molar-refractivity contribution in [1.82, 2.24) is 9.88 Å². The molecule has 0 radical (unpaired) electrons. The zero-order chi connectivity index (χ0) is 18.4. The van der Waals surface area contributed by atoms with Gasteiger partial charge in [0.25, 0.3) is 5.91 Å². The molecule has 0 aliphatic carbocycles. The second-order valence-electron chi connectivity index (χ2n) is 5.88. The Kier molecular flexibility index (Phi) is 5.34. The Labute approximate surface area is 151 Å². The summed E-state index contributed by atoms with van der Waals surface area (Å²) in [6.07, 6.45) is 1.90. The predicted octanol–water partition coefficient (Wildman–Crippen LogP) is 2.96. The maximum atomic E-state index is 12.5. The molecule has 0 unspecified atom stereocenters. The van der Waals surface area contributed by atoms with Gasteiger partial charge >= 0.3 is 6.03 Å². The standard InChI is InChI=1S/C20H20N4O2/c21-20(26)23-17-10-8-15(9-11-17)13-22-19(25)18-7-4-12-24(18)14-16-5-2-1-3-6-16/h1-12H,13-14H2,(H,22,25)(H3,21,23,26). The summed E-state index contributed by atoms with van der Waals surface area (Å²) in [5.74, 6) is -0.134. The molecular formula is C20H20N4O2. The Bertz CT molecular complexity index is 886. The van der Waals surface area contributed by atoms with Crippen LogP contribution in [0.2, 0.25) is 0 Å². The maximum absolute atomic E-state index is 12.5. The lowest BCUT2D eigenvalue weighted by Crippen LogP contribution is -2.25. The van der Waals surface area contributed by atoms with Gasteiger partial charge in [0.1, 0.15) is 5.69 Å². The van der Waals surface area contributed by atoms with Gasteiger partial charge in [-0.2, -0.15) is 0 Å².